The largest absolute Gasteiger partial charge is 0.355 e. The molecular formula is C15H21BrN2O3S. The highest BCUT2D eigenvalue weighted by atomic mass is 79.9. The Morgan fingerprint density at radius 1 is 1.32 bits per heavy atom. The van der Waals surface area contributed by atoms with Crippen LogP contribution in [0, 0.1) is 5.92 Å². The van der Waals surface area contributed by atoms with E-state index < -0.39 is 9.84 Å². The molecule has 1 saturated carbocycles. The summed E-state index contributed by atoms with van der Waals surface area (Å²) in [7, 11) is -3.33. The van der Waals surface area contributed by atoms with Crippen molar-refractivity contribution < 1.29 is 13.2 Å². The Morgan fingerprint density at radius 3 is 2.55 bits per heavy atom. The lowest BCUT2D eigenvalue weighted by Crippen LogP contribution is -2.38. The molecule has 0 aromatic heterocycles. The van der Waals surface area contributed by atoms with E-state index in [4.69, 9.17) is 5.73 Å². The van der Waals surface area contributed by atoms with E-state index in [0.717, 1.165) is 17.3 Å². The summed E-state index contributed by atoms with van der Waals surface area (Å²) in [4.78, 5) is 12.0. The van der Waals surface area contributed by atoms with Crippen LogP contribution >= 0.6 is 15.9 Å². The molecule has 1 aliphatic rings. The van der Waals surface area contributed by atoms with Gasteiger partial charge in [-0.1, -0.05) is 15.9 Å². The van der Waals surface area contributed by atoms with Gasteiger partial charge < -0.3 is 11.1 Å². The first-order chi connectivity index (χ1) is 10.4. The number of hydrogen-bond donors (Lipinski definition) is 2. The lowest BCUT2D eigenvalue weighted by atomic mass is 10.2. The number of hydrogen-bond acceptors (Lipinski definition) is 4. The highest BCUT2D eigenvalue weighted by Crippen LogP contribution is 2.31. The van der Waals surface area contributed by atoms with Gasteiger partial charge in [-0.3, -0.25) is 4.79 Å². The van der Waals surface area contributed by atoms with Gasteiger partial charge in [0.1, 0.15) is 0 Å². The van der Waals surface area contributed by atoms with Gasteiger partial charge in [-0.15, -0.1) is 0 Å². The van der Waals surface area contributed by atoms with E-state index >= 15 is 0 Å². The zero-order valence-electron chi connectivity index (χ0n) is 12.3. The first kappa shape index (κ1) is 17.4. The molecule has 1 aromatic carbocycles. The highest BCUT2D eigenvalue weighted by Gasteiger charge is 2.28. The average Bonchev–Trinajstić information content (AvgIpc) is 3.29. The van der Waals surface area contributed by atoms with Gasteiger partial charge in [0.05, 0.1) is 10.6 Å². The maximum atomic E-state index is 12.1. The van der Waals surface area contributed by atoms with Crippen LogP contribution in [0.4, 0.5) is 0 Å². The molecule has 5 nitrogen and oxygen atoms in total. The number of carbonyl (C=O) groups excluding carboxylic acids is 1. The maximum Gasteiger partial charge on any atom is 0.220 e. The second kappa shape index (κ2) is 7.57. The minimum absolute atomic E-state index is 0.0236. The highest BCUT2D eigenvalue weighted by molar-refractivity contribution is 9.10. The van der Waals surface area contributed by atoms with E-state index in [1.54, 1.807) is 24.3 Å². The summed E-state index contributed by atoms with van der Waals surface area (Å²) in [5.74, 6) is 0.372. The van der Waals surface area contributed by atoms with Crippen molar-refractivity contribution in [3.05, 3.63) is 28.7 Å². The van der Waals surface area contributed by atoms with Crippen LogP contribution in [0.5, 0.6) is 0 Å². The number of carbonyl (C=O) groups is 1. The number of rotatable bonds is 8. The Morgan fingerprint density at radius 2 is 1.95 bits per heavy atom. The Labute approximate surface area is 139 Å². The summed E-state index contributed by atoms with van der Waals surface area (Å²) in [5.41, 5.74) is 5.90. The standard InChI is InChI=1S/C15H21BrN2O3S/c16-12-5-7-13(8-6-12)22(20,21)9-1-2-15(19)18-10-14(17)11-3-4-11/h5-8,11,14H,1-4,9-10,17H2,(H,18,19). The van der Waals surface area contributed by atoms with E-state index in [0.29, 0.717) is 18.9 Å². The molecule has 0 aliphatic heterocycles. The molecule has 0 spiro atoms. The summed E-state index contributed by atoms with van der Waals surface area (Å²) in [6.45, 7) is 0.475. The molecule has 7 heteroatoms. The van der Waals surface area contributed by atoms with Gasteiger partial charge in [-0.25, -0.2) is 8.42 Å². The normalized spacial score (nSPS) is 16.3. The van der Waals surface area contributed by atoms with Gasteiger partial charge in [0, 0.05) is 23.5 Å². The molecule has 0 saturated heterocycles. The van der Waals surface area contributed by atoms with E-state index in [-0.39, 0.29) is 29.0 Å². The van der Waals surface area contributed by atoms with E-state index in [9.17, 15) is 13.2 Å². The molecular weight excluding hydrogens is 368 g/mol. The van der Waals surface area contributed by atoms with E-state index in [1.807, 2.05) is 0 Å². The molecule has 1 aliphatic carbocycles. The maximum absolute atomic E-state index is 12.1. The van der Waals surface area contributed by atoms with Crippen molar-refractivity contribution in [1.82, 2.24) is 5.32 Å². The summed E-state index contributed by atoms with van der Waals surface area (Å²) < 4.78 is 25.1. The molecule has 1 fully saturated rings. The minimum Gasteiger partial charge on any atom is -0.355 e. The molecule has 0 radical (unpaired) electrons. The van der Waals surface area contributed by atoms with Gasteiger partial charge >= 0.3 is 0 Å². The molecule has 1 unspecified atom stereocenters. The summed E-state index contributed by atoms with van der Waals surface area (Å²) >= 11 is 3.27. The monoisotopic (exact) mass is 388 g/mol. The first-order valence-electron chi connectivity index (χ1n) is 7.39. The molecule has 2 rings (SSSR count). The average molecular weight is 389 g/mol. The Hall–Kier alpha value is -0.920. The number of halogens is 1. The molecule has 3 N–H and O–H groups in total. The quantitative estimate of drug-likeness (QED) is 0.710. The van der Waals surface area contributed by atoms with Gasteiger partial charge in [0.25, 0.3) is 0 Å². The predicted molar refractivity (Wildman–Crippen MR) is 89.1 cm³/mol. The van der Waals surface area contributed by atoms with Crippen LogP contribution in [0.1, 0.15) is 25.7 Å². The molecule has 1 atom stereocenters. The predicted octanol–water partition coefficient (Wildman–Crippen LogP) is 1.86. The third-order valence-corrected chi connectivity index (χ3v) is 6.10. The molecule has 22 heavy (non-hydrogen) atoms. The Balaban J connectivity index is 1.72. The van der Waals surface area contributed by atoms with Crippen molar-refractivity contribution in [2.45, 2.75) is 36.6 Å². The van der Waals surface area contributed by atoms with E-state index in [2.05, 4.69) is 21.2 Å². The number of nitrogens with one attached hydrogen (secondary N) is 1. The lowest BCUT2D eigenvalue weighted by Gasteiger charge is -2.11. The van der Waals surface area contributed by atoms with Crippen molar-refractivity contribution in [1.29, 1.82) is 0 Å². The second-order valence-corrected chi connectivity index (χ2v) is 8.71. The first-order valence-corrected chi connectivity index (χ1v) is 9.83. The van der Waals surface area contributed by atoms with Crippen LogP contribution < -0.4 is 11.1 Å². The van der Waals surface area contributed by atoms with Gasteiger partial charge in [0.2, 0.25) is 5.91 Å². The van der Waals surface area contributed by atoms with Crippen molar-refractivity contribution in [2.75, 3.05) is 12.3 Å². The zero-order valence-corrected chi connectivity index (χ0v) is 14.7. The Bertz CT molecular complexity index is 612. The molecule has 1 amide bonds. The zero-order chi connectivity index (χ0) is 16.2. The fourth-order valence-electron chi connectivity index (χ4n) is 2.19. The second-order valence-electron chi connectivity index (χ2n) is 5.68. The van der Waals surface area contributed by atoms with Gasteiger partial charge in [0.15, 0.2) is 9.84 Å². The summed E-state index contributed by atoms with van der Waals surface area (Å²) in [6.07, 6.45) is 2.79. The number of nitrogens with two attached hydrogens (primary N) is 1. The summed E-state index contributed by atoms with van der Waals surface area (Å²) in [5, 5.41) is 2.77. The van der Waals surface area contributed by atoms with Crippen LogP contribution in [0.2, 0.25) is 0 Å². The van der Waals surface area contributed by atoms with Crippen molar-refractivity contribution in [3.8, 4) is 0 Å². The van der Waals surface area contributed by atoms with Crippen LogP contribution in [-0.2, 0) is 14.6 Å². The summed E-state index contributed by atoms with van der Waals surface area (Å²) in [6, 6.07) is 6.54. The van der Waals surface area contributed by atoms with Crippen LogP contribution in [0.15, 0.2) is 33.6 Å². The topological polar surface area (TPSA) is 89.3 Å². The molecule has 1 aromatic rings. The third-order valence-electron chi connectivity index (χ3n) is 3.75. The minimum atomic E-state index is -3.33. The molecule has 122 valence electrons. The number of sulfone groups is 1. The molecule has 0 heterocycles. The lowest BCUT2D eigenvalue weighted by molar-refractivity contribution is -0.121. The molecule has 0 bridgehead atoms. The number of amides is 1. The van der Waals surface area contributed by atoms with Crippen molar-refractivity contribution >= 4 is 31.7 Å². The van der Waals surface area contributed by atoms with Crippen LogP contribution in [0.3, 0.4) is 0 Å². The fraction of sp³-hybridized carbons (Fsp3) is 0.533. The number of benzene rings is 1. The van der Waals surface area contributed by atoms with Crippen molar-refractivity contribution in [2.24, 2.45) is 11.7 Å². The van der Waals surface area contributed by atoms with Gasteiger partial charge in [-0.2, -0.15) is 0 Å². The van der Waals surface area contributed by atoms with Gasteiger partial charge in [-0.05, 0) is 49.4 Å². The van der Waals surface area contributed by atoms with Crippen LogP contribution in [-0.4, -0.2) is 32.7 Å². The fourth-order valence-corrected chi connectivity index (χ4v) is 3.77. The van der Waals surface area contributed by atoms with E-state index in [1.165, 1.54) is 0 Å². The SMILES string of the molecule is NC(CNC(=O)CCCS(=O)(=O)c1ccc(Br)cc1)C1CC1. The Kier molecular flexibility index (Phi) is 6.00. The van der Waals surface area contributed by atoms with Crippen molar-refractivity contribution in [3.63, 3.8) is 0 Å². The smallest absolute Gasteiger partial charge is 0.220 e. The third kappa shape index (κ3) is 5.37. The van der Waals surface area contributed by atoms with Crippen LogP contribution in [0.25, 0.3) is 0 Å².